The highest BCUT2D eigenvalue weighted by Crippen LogP contribution is 2.61. The lowest BCUT2D eigenvalue weighted by atomic mass is 9.49. The summed E-state index contributed by atoms with van der Waals surface area (Å²) >= 11 is 0. The Kier molecular flexibility index (Phi) is 20.3. The zero-order chi connectivity index (χ0) is 57.8. The van der Waals surface area contributed by atoms with Crippen molar-refractivity contribution in [3.8, 4) is 0 Å². The van der Waals surface area contributed by atoms with Crippen LogP contribution in [0.2, 0.25) is 0 Å². The van der Waals surface area contributed by atoms with Gasteiger partial charge in [0.1, 0.15) is 10.9 Å². The van der Waals surface area contributed by atoms with Gasteiger partial charge in [-0.15, -0.1) is 0 Å². The molecule has 0 spiro atoms. The molecule has 0 atom stereocenters. The molecule has 13 aliphatic carbocycles. The van der Waals surface area contributed by atoms with E-state index >= 15 is 0 Å². The zero-order valence-electron chi connectivity index (χ0n) is 54.7. The Morgan fingerprint density at radius 1 is 0.279 bits per heavy atom. The average Bonchev–Trinajstić information content (AvgIpc) is 0.866. The number of hydrogen-bond acceptors (Lipinski definition) is 2. The Bertz CT molecular complexity index is 2290. The maximum atomic E-state index is 11.1. The quantitative estimate of drug-likeness (QED) is 0.160. The van der Waals surface area contributed by atoms with E-state index in [1.165, 1.54) is 308 Å². The third-order valence-corrected chi connectivity index (χ3v) is 29.7. The number of hydrogen-bond donors (Lipinski definition) is 0. The lowest BCUT2D eigenvalue weighted by Gasteiger charge is -2.57. The van der Waals surface area contributed by atoms with Crippen molar-refractivity contribution in [2.45, 2.75) is 395 Å². The van der Waals surface area contributed by atoms with E-state index in [-0.39, 0.29) is 10.9 Å². The largest absolute Gasteiger partial charge is 0.550 e. The van der Waals surface area contributed by atoms with Gasteiger partial charge in [0.25, 0.3) is 0 Å². The highest BCUT2D eigenvalue weighted by Gasteiger charge is 2.52. The number of benzene rings is 3. The predicted molar refractivity (Wildman–Crippen MR) is 360 cm³/mol. The molecule has 13 saturated carbocycles. The smallest absolute Gasteiger partial charge is 0.173 e. The molecule has 3 aromatic carbocycles. The predicted octanol–water partition coefficient (Wildman–Crippen LogP) is 24.2. The van der Waals surface area contributed by atoms with E-state index < -0.39 is 11.4 Å². The number of rotatable bonds is 13. The van der Waals surface area contributed by atoms with Crippen LogP contribution in [0.25, 0.3) is 0 Å². The van der Waals surface area contributed by atoms with Crippen molar-refractivity contribution < 1.29 is 9.90 Å². The summed E-state index contributed by atoms with van der Waals surface area (Å²) in [6.07, 6.45) is 71.5. The van der Waals surface area contributed by atoms with E-state index in [2.05, 4.69) is 36.4 Å². The molecule has 4 bridgehead atoms. The van der Waals surface area contributed by atoms with Crippen molar-refractivity contribution in [3.05, 3.63) is 86.5 Å². The number of carbonyl (C=O) groups excluding carboxylic acids is 1. The van der Waals surface area contributed by atoms with Gasteiger partial charge in [-0.25, -0.2) is 0 Å². The van der Waals surface area contributed by atoms with Crippen molar-refractivity contribution >= 4 is 16.9 Å². The van der Waals surface area contributed by atoms with E-state index in [0.717, 1.165) is 72.5 Å². The SMILES string of the molecule is O=C([O-])C12CC3CC(CC(C3)C1)C2.c1c(C2CCCCC2)cc(C2CCCCC2)c([S+](c2c(C3CCCCC3)cc(C3CCCCC3)cc2C2CCCCC2)c2c(C3CCCCC3)cc(C3CCCCC3)cc2C2CCCCC2)c1C1CCCCC1. The van der Waals surface area contributed by atoms with E-state index in [0.29, 0.717) is 17.8 Å². The van der Waals surface area contributed by atoms with Gasteiger partial charge in [-0.05, 0) is 242 Å². The normalized spacial score (nSPS) is 29.5. The summed E-state index contributed by atoms with van der Waals surface area (Å²) in [5.74, 6) is 8.02. The van der Waals surface area contributed by atoms with Gasteiger partial charge in [0.2, 0.25) is 0 Å². The first-order valence-corrected chi connectivity index (χ1v) is 40.1. The molecule has 0 amide bonds. The Balaban J connectivity index is 0.000000440. The molecule has 0 N–H and O–H groups in total. The second-order valence-corrected chi connectivity index (χ2v) is 34.7. The Morgan fingerprint density at radius 3 is 0.628 bits per heavy atom. The fourth-order valence-electron chi connectivity index (χ4n) is 22.8. The first-order valence-electron chi connectivity index (χ1n) is 38.9. The molecule has 0 heterocycles. The minimum Gasteiger partial charge on any atom is -0.550 e. The Labute approximate surface area is 528 Å². The molecule has 13 aliphatic rings. The first kappa shape index (κ1) is 61.0. The Hall–Kier alpha value is -2.52. The van der Waals surface area contributed by atoms with Gasteiger partial charge < -0.3 is 9.90 Å². The fourth-order valence-corrected chi connectivity index (χ4v) is 26.2. The highest BCUT2D eigenvalue weighted by atomic mass is 32.2. The maximum Gasteiger partial charge on any atom is 0.173 e. The zero-order valence-corrected chi connectivity index (χ0v) is 55.5. The van der Waals surface area contributed by atoms with E-state index in [9.17, 15) is 9.90 Å². The maximum absolute atomic E-state index is 11.1. The summed E-state index contributed by atoms with van der Waals surface area (Å²) < 4.78 is 0. The van der Waals surface area contributed by atoms with Gasteiger partial charge in [0, 0.05) is 44.8 Å². The monoisotopic (exact) mass is 1180 g/mol. The minimum atomic E-state index is -0.758. The molecular weight excluding hydrogens is 1060 g/mol. The van der Waals surface area contributed by atoms with E-state index in [1.807, 2.05) is 64.8 Å². The standard InChI is InChI=1S/C72H105S.C11H16O2/c1-10-28-52(29-11-1)61-46-64(55-34-16-4-17-35-55)70(65(47-61)56-36-18-5-19-37-56)73(71-66(57-38-20-6-21-39-57)48-62(53-30-12-2-13-31-53)49-67(71)58-40-22-7-23-41-58)72-68(59-42-24-8-25-43-59)50-63(54-32-14-3-15-33-54)51-69(72)60-44-26-9-27-45-60;12-10(13)11-4-7-1-8(5-11)3-9(2-7)6-11/h46-60H,1-45H2;7-9H,1-6H2,(H,12,13)/q+1;/p-1. The average molecular weight is 1180 g/mol. The molecule has 0 aromatic heterocycles. The molecule has 0 unspecified atom stereocenters. The van der Waals surface area contributed by atoms with Crippen molar-refractivity contribution in [1.82, 2.24) is 0 Å². The summed E-state index contributed by atoms with van der Waals surface area (Å²) in [5, 5.41) is 11.1. The van der Waals surface area contributed by atoms with Crippen LogP contribution in [-0.4, -0.2) is 5.97 Å². The third kappa shape index (κ3) is 13.4. The van der Waals surface area contributed by atoms with Gasteiger partial charge in [0.05, 0.1) is 0 Å². The molecule has 2 nitrogen and oxygen atoms in total. The van der Waals surface area contributed by atoms with Gasteiger partial charge >= 0.3 is 0 Å². The minimum absolute atomic E-state index is 0.134. The molecule has 16 rings (SSSR count). The topological polar surface area (TPSA) is 40.1 Å². The van der Waals surface area contributed by atoms with Crippen molar-refractivity contribution in [2.75, 3.05) is 0 Å². The van der Waals surface area contributed by atoms with Crippen LogP contribution in [0.5, 0.6) is 0 Å². The summed E-state index contributed by atoms with van der Waals surface area (Å²) in [7, 11) is -0.134. The number of carboxylic acids is 1. The number of carbonyl (C=O) groups is 1. The summed E-state index contributed by atoms with van der Waals surface area (Å²) in [6, 6.07) is 18.3. The molecular formula is C83H120O2S. The lowest BCUT2D eigenvalue weighted by molar-refractivity contribution is -0.327. The number of carboxylic acid groups (broad SMARTS) is 1. The van der Waals surface area contributed by atoms with Crippen LogP contribution in [-0.2, 0) is 15.7 Å². The third-order valence-electron chi connectivity index (χ3n) is 27.1. The lowest BCUT2D eigenvalue weighted by Crippen LogP contribution is -2.54. The molecule has 3 heteroatoms. The van der Waals surface area contributed by atoms with Crippen LogP contribution in [0.15, 0.2) is 51.1 Å². The van der Waals surface area contributed by atoms with Crippen molar-refractivity contribution in [1.29, 1.82) is 0 Å². The molecule has 0 saturated heterocycles. The molecule has 86 heavy (non-hydrogen) atoms. The van der Waals surface area contributed by atoms with Crippen LogP contribution in [0.3, 0.4) is 0 Å². The van der Waals surface area contributed by atoms with Gasteiger partial charge in [-0.3, -0.25) is 0 Å². The first-order chi connectivity index (χ1) is 42.4. The second kappa shape index (κ2) is 28.6. The summed E-state index contributed by atoms with van der Waals surface area (Å²) in [6.45, 7) is 0. The highest BCUT2D eigenvalue weighted by molar-refractivity contribution is 7.97. The van der Waals surface area contributed by atoms with Crippen LogP contribution in [0.4, 0.5) is 0 Å². The van der Waals surface area contributed by atoms with E-state index in [4.69, 9.17) is 0 Å². The molecule has 13 fully saturated rings. The number of aliphatic carboxylic acids is 1. The molecule has 0 radical (unpaired) electrons. The summed E-state index contributed by atoms with van der Waals surface area (Å²) in [5.41, 5.74) is 16.7. The second-order valence-electron chi connectivity index (χ2n) is 32.9. The van der Waals surface area contributed by atoms with Crippen LogP contribution >= 0.6 is 0 Å². The fraction of sp³-hybridized carbons (Fsp3) is 0.771. The van der Waals surface area contributed by atoms with Crippen molar-refractivity contribution in [2.24, 2.45) is 23.2 Å². The molecule has 470 valence electrons. The van der Waals surface area contributed by atoms with E-state index in [1.54, 1.807) is 0 Å². The van der Waals surface area contributed by atoms with Crippen LogP contribution < -0.4 is 5.11 Å². The van der Waals surface area contributed by atoms with Gasteiger partial charge in [0.15, 0.2) is 14.7 Å². The molecule has 0 aliphatic heterocycles. The van der Waals surface area contributed by atoms with Gasteiger partial charge in [-0.1, -0.05) is 210 Å². The van der Waals surface area contributed by atoms with Crippen LogP contribution in [0.1, 0.15) is 431 Å². The van der Waals surface area contributed by atoms with Crippen LogP contribution in [0, 0.1) is 23.2 Å². The van der Waals surface area contributed by atoms with Crippen molar-refractivity contribution in [3.63, 3.8) is 0 Å². The Morgan fingerprint density at radius 2 is 0.453 bits per heavy atom. The van der Waals surface area contributed by atoms with Gasteiger partial charge in [-0.2, -0.15) is 0 Å². The molecule has 3 aromatic rings. The summed E-state index contributed by atoms with van der Waals surface area (Å²) in [4.78, 5) is 17.1.